The highest BCUT2D eigenvalue weighted by Gasteiger charge is 2.19. The number of carbonyl (C=O) groups is 3. The second kappa shape index (κ2) is 54.0. The Morgan fingerprint density at radius 2 is 0.554 bits per heavy atom. The van der Waals surface area contributed by atoms with E-state index in [-0.39, 0.29) is 31.1 Å². The van der Waals surface area contributed by atoms with E-state index >= 15 is 0 Å². The van der Waals surface area contributed by atoms with E-state index < -0.39 is 6.10 Å². The van der Waals surface area contributed by atoms with Crippen LogP contribution < -0.4 is 0 Å². The maximum absolute atomic E-state index is 12.8. The quantitative estimate of drug-likeness (QED) is 0.0262. The van der Waals surface area contributed by atoms with Crippen LogP contribution in [0.5, 0.6) is 0 Å². The number of carbonyl (C=O) groups excluding carboxylic acids is 3. The monoisotopic (exact) mass is 911 g/mol. The third kappa shape index (κ3) is 52.2. The van der Waals surface area contributed by atoms with Crippen LogP contribution >= 0.6 is 0 Å². The highest BCUT2D eigenvalue weighted by Crippen LogP contribution is 2.16. The van der Waals surface area contributed by atoms with Gasteiger partial charge in [0.05, 0.1) is 0 Å². The van der Waals surface area contributed by atoms with Gasteiger partial charge in [-0.25, -0.2) is 0 Å². The van der Waals surface area contributed by atoms with Crippen molar-refractivity contribution in [3.63, 3.8) is 0 Å². The first-order chi connectivity index (χ1) is 32.0. The third-order valence-electron chi connectivity index (χ3n) is 12.3. The van der Waals surface area contributed by atoms with E-state index in [1.54, 1.807) is 0 Å². The van der Waals surface area contributed by atoms with E-state index in [0.717, 1.165) is 89.9 Å². The molecule has 0 fully saturated rings. The lowest BCUT2D eigenvalue weighted by atomic mass is 10.0. The summed E-state index contributed by atoms with van der Waals surface area (Å²) < 4.78 is 16.8. The molecule has 0 aromatic heterocycles. The van der Waals surface area contributed by atoms with Gasteiger partial charge in [0, 0.05) is 19.3 Å². The predicted molar refractivity (Wildman–Crippen MR) is 279 cm³/mol. The predicted octanol–water partition coefficient (Wildman–Crippen LogP) is 18.7. The van der Waals surface area contributed by atoms with Crippen LogP contribution in [0.2, 0.25) is 0 Å². The van der Waals surface area contributed by atoms with Crippen molar-refractivity contribution >= 4 is 17.9 Å². The van der Waals surface area contributed by atoms with Crippen LogP contribution in [0.25, 0.3) is 0 Å². The highest BCUT2D eigenvalue weighted by atomic mass is 16.6. The Morgan fingerprint density at radius 3 is 0.908 bits per heavy atom. The summed E-state index contributed by atoms with van der Waals surface area (Å²) >= 11 is 0. The average molecular weight is 911 g/mol. The fourth-order valence-electron chi connectivity index (χ4n) is 8.03. The minimum atomic E-state index is -0.783. The minimum Gasteiger partial charge on any atom is -0.462 e. The second-order valence-corrected chi connectivity index (χ2v) is 18.8. The third-order valence-corrected chi connectivity index (χ3v) is 12.3. The van der Waals surface area contributed by atoms with Crippen molar-refractivity contribution < 1.29 is 28.6 Å². The van der Waals surface area contributed by atoms with Crippen molar-refractivity contribution in [3.8, 4) is 0 Å². The molecule has 0 bridgehead atoms. The van der Waals surface area contributed by atoms with E-state index in [9.17, 15) is 14.4 Å². The maximum Gasteiger partial charge on any atom is 0.306 e. The smallest absolute Gasteiger partial charge is 0.306 e. The van der Waals surface area contributed by atoms with Gasteiger partial charge < -0.3 is 14.2 Å². The Kier molecular flexibility index (Phi) is 51.8. The summed E-state index contributed by atoms with van der Waals surface area (Å²) in [5, 5.41) is 0. The molecule has 0 saturated carbocycles. The normalized spacial score (nSPS) is 12.4. The molecular weight excluding hydrogens is 805 g/mol. The SMILES string of the molecule is CCCCC/C=C\C/C=C\C/C=C\CCCCCCC(=O)OC[C@H](COC(=O)CCCCCCC/C=C\CCCCCCCC)OC(=O)CCCCCCCCCCCCCCCCC. The molecular formula is C59H106O6. The highest BCUT2D eigenvalue weighted by molar-refractivity contribution is 5.71. The largest absolute Gasteiger partial charge is 0.462 e. The summed E-state index contributed by atoms with van der Waals surface area (Å²) in [6.45, 7) is 6.61. The molecule has 0 aromatic carbocycles. The van der Waals surface area contributed by atoms with Gasteiger partial charge in [-0.3, -0.25) is 14.4 Å². The number of esters is 3. The molecule has 1 atom stereocenters. The first-order valence-electron chi connectivity index (χ1n) is 28.1. The fraction of sp³-hybridized carbons (Fsp3) is 0.814. The Morgan fingerprint density at radius 1 is 0.308 bits per heavy atom. The van der Waals surface area contributed by atoms with Crippen molar-refractivity contribution in [1.82, 2.24) is 0 Å². The van der Waals surface area contributed by atoms with Gasteiger partial charge in [-0.2, -0.15) is 0 Å². The van der Waals surface area contributed by atoms with Crippen LogP contribution in [0.1, 0.15) is 290 Å². The van der Waals surface area contributed by atoms with Crippen molar-refractivity contribution in [2.75, 3.05) is 13.2 Å². The summed E-state index contributed by atoms with van der Waals surface area (Å²) in [5.41, 5.74) is 0. The number of unbranched alkanes of at least 4 members (excludes halogenated alkanes) is 32. The first-order valence-corrected chi connectivity index (χ1v) is 28.1. The Hall–Kier alpha value is -2.63. The zero-order chi connectivity index (χ0) is 47.2. The standard InChI is InChI=1S/C59H106O6/c1-4-7-10-13-16-19-22-25-28-29-32-34-37-40-43-46-49-52-58(61)64-55-56(65-59(62)53-50-47-44-41-38-35-31-27-24-21-18-15-12-9-6-3)54-63-57(60)51-48-45-42-39-36-33-30-26-23-20-17-14-11-8-5-2/h16,19,25-26,28,30,32,34,56H,4-15,17-18,20-24,27,29,31,33,35-55H2,1-3H3/b19-16-,28-25-,30-26-,34-32-/t56-/m0/s1. The average Bonchev–Trinajstić information content (AvgIpc) is 3.30. The number of rotatable bonds is 51. The lowest BCUT2D eigenvalue weighted by Crippen LogP contribution is -2.30. The van der Waals surface area contributed by atoms with Crippen LogP contribution in [-0.4, -0.2) is 37.2 Å². The number of ether oxygens (including phenoxy) is 3. The number of hydrogen-bond acceptors (Lipinski definition) is 6. The number of allylic oxidation sites excluding steroid dienone is 8. The molecule has 65 heavy (non-hydrogen) atoms. The maximum atomic E-state index is 12.8. The van der Waals surface area contributed by atoms with Crippen LogP contribution in [0, 0.1) is 0 Å². The molecule has 378 valence electrons. The van der Waals surface area contributed by atoms with Gasteiger partial charge in [0.1, 0.15) is 13.2 Å². The Bertz CT molecular complexity index is 1140. The van der Waals surface area contributed by atoms with Gasteiger partial charge in [-0.05, 0) is 83.5 Å². The van der Waals surface area contributed by atoms with Crippen LogP contribution in [0.4, 0.5) is 0 Å². The summed E-state index contributed by atoms with van der Waals surface area (Å²) in [6, 6.07) is 0. The summed E-state index contributed by atoms with van der Waals surface area (Å²) in [7, 11) is 0. The van der Waals surface area contributed by atoms with Gasteiger partial charge in [0.15, 0.2) is 6.10 Å². The Labute approximate surface area is 403 Å². The number of hydrogen-bond donors (Lipinski definition) is 0. The molecule has 0 radical (unpaired) electrons. The van der Waals surface area contributed by atoms with Crippen LogP contribution in [0.3, 0.4) is 0 Å². The molecule has 0 heterocycles. The fourth-order valence-corrected chi connectivity index (χ4v) is 8.03. The van der Waals surface area contributed by atoms with Gasteiger partial charge in [-0.15, -0.1) is 0 Å². The summed E-state index contributed by atoms with van der Waals surface area (Å²) in [5.74, 6) is -0.898. The van der Waals surface area contributed by atoms with Crippen LogP contribution in [-0.2, 0) is 28.6 Å². The molecule has 0 rings (SSSR count). The van der Waals surface area contributed by atoms with E-state index in [4.69, 9.17) is 14.2 Å². The van der Waals surface area contributed by atoms with E-state index in [2.05, 4.69) is 69.4 Å². The lowest BCUT2D eigenvalue weighted by molar-refractivity contribution is -0.167. The zero-order valence-corrected chi connectivity index (χ0v) is 43.3. The van der Waals surface area contributed by atoms with Gasteiger partial charge in [0.2, 0.25) is 0 Å². The molecule has 6 nitrogen and oxygen atoms in total. The first kappa shape index (κ1) is 62.4. The van der Waals surface area contributed by atoms with Crippen molar-refractivity contribution in [1.29, 1.82) is 0 Å². The Balaban J connectivity index is 4.41. The summed E-state index contributed by atoms with van der Waals surface area (Å²) in [6.07, 6.45) is 65.2. The molecule has 0 amide bonds. The minimum absolute atomic E-state index is 0.0821. The van der Waals surface area contributed by atoms with E-state index in [1.807, 2.05) is 0 Å². The summed E-state index contributed by atoms with van der Waals surface area (Å²) in [4.78, 5) is 38.1. The molecule has 0 N–H and O–H groups in total. The molecule has 6 heteroatoms. The van der Waals surface area contributed by atoms with Crippen molar-refractivity contribution in [3.05, 3.63) is 48.6 Å². The lowest BCUT2D eigenvalue weighted by Gasteiger charge is -2.18. The van der Waals surface area contributed by atoms with Crippen molar-refractivity contribution in [2.24, 2.45) is 0 Å². The van der Waals surface area contributed by atoms with Gasteiger partial charge in [-0.1, -0.05) is 236 Å². The van der Waals surface area contributed by atoms with Crippen LogP contribution in [0.15, 0.2) is 48.6 Å². The molecule has 0 unspecified atom stereocenters. The van der Waals surface area contributed by atoms with Gasteiger partial charge >= 0.3 is 17.9 Å². The van der Waals surface area contributed by atoms with E-state index in [0.29, 0.717) is 19.3 Å². The van der Waals surface area contributed by atoms with Crippen molar-refractivity contribution in [2.45, 2.75) is 297 Å². The topological polar surface area (TPSA) is 78.9 Å². The van der Waals surface area contributed by atoms with E-state index in [1.165, 1.54) is 161 Å². The molecule has 0 saturated heterocycles. The molecule has 0 aliphatic carbocycles. The second-order valence-electron chi connectivity index (χ2n) is 18.8. The molecule has 0 aliphatic rings. The molecule has 0 aliphatic heterocycles. The zero-order valence-electron chi connectivity index (χ0n) is 43.3. The van der Waals surface area contributed by atoms with Gasteiger partial charge in [0.25, 0.3) is 0 Å². The molecule has 0 aromatic rings. The molecule has 0 spiro atoms.